The Morgan fingerprint density at radius 2 is 1.58 bits per heavy atom. The molecule has 1 heterocycles. The Kier molecular flexibility index (Phi) is 5.94. The van der Waals surface area contributed by atoms with Crippen LogP contribution in [-0.4, -0.2) is 60.6 Å². The van der Waals surface area contributed by atoms with E-state index in [-0.39, 0.29) is 6.10 Å². The van der Waals surface area contributed by atoms with Gasteiger partial charge in [-0.3, -0.25) is 0 Å². The van der Waals surface area contributed by atoms with Crippen LogP contribution in [0.25, 0.3) is 0 Å². The molecule has 134 valence electrons. The van der Waals surface area contributed by atoms with E-state index in [1.807, 2.05) is 0 Å². The maximum absolute atomic E-state index is 6.81. The monoisotopic (exact) mass is 349 g/mol. The first-order valence-corrected chi connectivity index (χ1v) is 10.3. The van der Waals surface area contributed by atoms with Crippen molar-refractivity contribution in [2.45, 2.75) is 56.8 Å². The summed E-state index contributed by atoms with van der Waals surface area (Å²) in [4.78, 5) is 2.26. The Morgan fingerprint density at radius 1 is 1.04 bits per heavy atom. The average molecular weight is 349 g/mol. The fraction of sp³-hybridized carbons (Fsp3) is 0.684. The Labute approximate surface area is 148 Å². The molecule has 0 radical (unpaired) electrons. The lowest BCUT2D eigenvalue weighted by Crippen LogP contribution is -2.37. The van der Waals surface area contributed by atoms with Crippen LogP contribution < -0.4 is 0 Å². The molecule has 1 aliphatic heterocycles. The molecule has 1 aromatic rings. The molecule has 0 spiro atoms. The fourth-order valence-electron chi connectivity index (χ4n) is 4.03. The molecular formula is C19H32N3OP. The normalized spacial score (nSPS) is 28.9. The number of likely N-dealkylation sites (N-methyl/N-ethyl adjacent to an activating group) is 3. The van der Waals surface area contributed by atoms with E-state index in [4.69, 9.17) is 4.52 Å². The molecule has 3 rings (SSSR count). The largest absolute Gasteiger partial charge is 0.321 e. The van der Waals surface area contributed by atoms with Crippen LogP contribution in [0.4, 0.5) is 0 Å². The van der Waals surface area contributed by atoms with E-state index in [2.05, 4.69) is 79.7 Å². The van der Waals surface area contributed by atoms with Gasteiger partial charge in [-0.1, -0.05) is 43.2 Å². The molecule has 1 aliphatic carbocycles. The molecule has 1 aromatic carbocycles. The maximum Gasteiger partial charge on any atom is 0.188 e. The highest BCUT2D eigenvalue weighted by Crippen LogP contribution is 2.58. The first-order chi connectivity index (χ1) is 11.5. The minimum absolute atomic E-state index is 0.0948. The van der Waals surface area contributed by atoms with Crippen molar-refractivity contribution in [2.75, 3.05) is 28.2 Å². The van der Waals surface area contributed by atoms with E-state index in [9.17, 15) is 0 Å². The van der Waals surface area contributed by atoms with Gasteiger partial charge in [0, 0.05) is 18.1 Å². The van der Waals surface area contributed by atoms with E-state index in [0.717, 1.165) is 0 Å². The third-order valence-electron chi connectivity index (χ3n) is 5.78. The Morgan fingerprint density at radius 3 is 2.08 bits per heavy atom. The van der Waals surface area contributed by atoms with Crippen LogP contribution in [0.2, 0.25) is 0 Å². The van der Waals surface area contributed by atoms with Crippen molar-refractivity contribution in [2.24, 2.45) is 0 Å². The lowest BCUT2D eigenvalue weighted by molar-refractivity contribution is 0.108. The molecular weight excluding hydrogens is 317 g/mol. The first-order valence-electron chi connectivity index (χ1n) is 9.14. The van der Waals surface area contributed by atoms with Crippen LogP contribution in [0, 0.1) is 0 Å². The molecule has 1 saturated carbocycles. The predicted octanol–water partition coefficient (Wildman–Crippen LogP) is 4.11. The highest BCUT2D eigenvalue weighted by molar-refractivity contribution is 7.47. The molecule has 2 aliphatic rings. The molecule has 0 N–H and O–H groups in total. The predicted molar refractivity (Wildman–Crippen MR) is 102 cm³/mol. The summed E-state index contributed by atoms with van der Waals surface area (Å²) in [5, 5.41) is 0. The summed E-state index contributed by atoms with van der Waals surface area (Å²) in [6.45, 7) is 2.26. The summed E-state index contributed by atoms with van der Waals surface area (Å²) in [5.41, 5.74) is 1.28. The van der Waals surface area contributed by atoms with Crippen molar-refractivity contribution in [1.82, 2.24) is 14.2 Å². The number of fused-ring (bicyclic) bond motifs is 1. The van der Waals surface area contributed by atoms with Crippen LogP contribution >= 0.6 is 8.45 Å². The van der Waals surface area contributed by atoms with E-state index in [0.29, 0.717) is 18.1 Å². The topological polar surface area (TPSA) is 19.0 Å². The van der Waals surface area contributed by atoms with Crippen molar-refractivity contribution in [1.29, 1.82) is 0 Å². The summed E-state index contributed by atoms with van der Waals surface area (Å²) < 4.78 is 11.9. The van der Waals surface area contributed by atoms with E-state index in [1.54, 1.807) is 0 Å². The maximum atomic E-state index is 6.81. The quantitative estimate of drug-likeness (QED) is 0.745. The average Bonchev–Trinajstić information content (AvgIpc) is 2.84. The molecule has 4 atom stereocenters. The molecule has 2 fully saturated rings. The zero-order chi connectivity index (χ0) is 17.3. The lowest BCUT2D eigenvalue weighted by atomic mass is 9.91. The van der Waals surface area contributed by atoms with Gasteiger partial charge in [-0.25, -0.2) is 9.34 Å². The van der Waals surface area contributed by atoms with Gasteiger partial charge >= 0.3 is 0 Å². The van der Waals surface area contributed by atoms with Gasteiger partial charge in [0.1, 0.15) is 6.10 Å². The van der Waals surface area contributed by atoms with Gasteiger partial charge in [0.05, 0.1) is 0 Å². The van der Waals surface area contributed by atoms with Gasteiger partial charge in [-0.15, -0.1) is 0 Å². The molecule has 4 nitrogen and oxygen atoms in total. The van der Waals surface area contributed by atoms with Gasteiger partial charge in [0.2, 0.25) is 0 Å². The van der Waals surface area contributed by atoms with Gasteiger partial charge in [0.15, 0.2) is 8.45 Å². The van der Waals surface area contributed by atoms with Gasteiger partial charge in [-0.05, 0) is 53.5 Å². The Bertz CT molecular complexity index is 509. The van der Waals surface area contributed by atoms with Crippen LogP contribution in [0.3, 0.4) is 0 Å². The first kappa shape index (κ1) is 18.3. The second-order valence-corrected chi connectivity index (χ2v) is 9.44. The molecule has 0 amide bonds. The lowest BCUT2D eigenvalue weighted by Gasteiger charge is -2.35. The minimum atomic E-state index is -0.698. The van der Waals surface area contributed by atoms with Crippen LogP contribution in [0.5, 0.6) is 0 Å². The Hall–Kier alpha value is -0.510. The Balaban J connectivity index is 1.82. The highest BCUT2D eigenvalue weighted by Gasteiger charge is 2.47. The second kappa shape index (κ2) is 7.80. The van der Waals surface area contributed by atoms with Crippen molar-refractivity contribution in [3.05, 3.63) is 35.9 Å². The zero-order valence-electron chi connectivity index (χ0n) is 15.7. The fourth-order valence-corrected chi connectivity index (χ4v) is 6.32. The highest BCUT2D eigenvalue weighted by atomic mass is 31.2. The summed E-state index contributed by atoms with van der Waals surface area (Å²) >= 11 is 0. The van der Waals surface area contributed by atoms with Crippen molar-refractivity contribution < 1.29 is 4.52 Å². The zero-order valence-corrected chi connectivity index (χ0v) is 16.6. The second-order valence-electron chi connectivity index (χ2n) is 7.46. The molecule has 0 aromatic heterocycles. The van der Waals surface area contributed by atoms with Crippen molar-refractivity contribution in [3.8, 4) is 0 Å². The molecule has 0 unspecified atom stereocenters. The number of benzene rings is 1. The van der Waals surface area contributed by atoms with Gasteiger partial charge in [-0.2, -0.15) is 0 Å². The molecule has 5 heteroatoms. The summed E-state index contributed by atoms with van der Waals surface area (Å²) in [6.07, 6.45) is 5.44. The number of hydrogen-bond acceptors (Lipinski definition) is 4. The summed E-state index contributed by atoms with van der Waals surface area (Å²) in [5.74, 6) is 0. The van der Waals surface area contributed by atoms with E-state index in [1.165, 1.54) is 31.2 Å². The molecule has 0 bridgehead atoms. The van der Waals surface area contributed by atoms with Crippen LogP contribution in [0.15, 0.2) is 30.3 Å². The third kappa shape index (κ3) is 3.54. The SMILES string of the molecule is C[C@H]([C@@H](OP1N(C)[C@@H]2CCCC[C@H]2N1C)c1ccccc1)N(C)C. The van der Waals surface area contributed by atoms with Crippen molar-refractivity contribution in [3.63, 3.8) is 0 Å². The van der Waals surface area contributed by atoms with Crippen LogP contribution in [-0.2, 0) is 4.52 Å². The minimum Gasteiger partial charge on any atom is -0.321 e. The van der Waals surface area contributed by atoms with E-state index < -0.39 is 8.45 Å². The molecule has 1 saturated heterocycles. The third-order valence-corrected chi connectivity index (χ3v) is 7.87. The summed E-state index contributed by atoms with van der Waals surface area (Å²) in [6, 6.07) is 12.4. The van der Waals surface area contributed by atoms with Crippen LogP contribution in [0.1, 0.15) is 44.3 Å². The number of rotatable bonds is 5. The number of hydrogen-bond donors (Lipinski definition) is 0. The standard InChI is InChI=1S/C19H32N3OP/c1-15(20(2)3)19(16-11-7-6-8-12-16)23-24-21(4)17-13-9-10-14-18(17)22(24)5/h6-8,11-12,15,17-19H,9-10,13-14H2,1-5H3/t15-,17-,18-,19-/m1/s1. The smallest absolute Gasteiger partial charge is 0.188 e. The van der Waals surface area contributed by atoms with E-state index >= 15 is 0 Å². The molecule has 24 heavy (non-hydrogen) atoms. The van der Waals surface area contributed by atoms with Crippen molar-refractivity contribution >= 4 is 8.45 Å². The number of nitrogens with zero attached hydrogens (tertiary/aromatic N) is 3. The summed E-state index contributed by atoms with van der Waals surface area (Å²) in [7, 11) is 8.11. The van der Waals surface area contributed by atoms with Gasteiger partial charge in [0.25, 0.3) is 0 Å². The van der Waals surface area contributed by atoms with Gasteiger partial charge < -0.3 is 9.42 Å².